The molecule has 1 aromatic heterocycles. The van der Waals surface area contributed by atoms with Gasteiger partial charge in [0.05, 0.1) is 4.21 Å². The van der Waals surface area contributed by atoms with Gasteiger partial charge in [0.1, 0.15) is 6.17 Å². The summed E-state index contributed by atoms with van der Waals surface area (Å²) in [4.78, 5) is 1.44. The summed E-state index contributed by atoms with van der Waals surface area (Å²) >= 11 is 3.14. The molecule has 0 saturated carbocycles. The third-order valence-corrected chi connectivity index (χ3v) is 7.31. The van der Waals surface area contributed by atoms with Crippen LogP contribution < -0.4 is 16.2 Å². The average molecular weight is 496 g/mol. The quantitative estimate of drug-likeness (QED) is 0.338. The van der Waals surface area contributed by atoms with E-state index in [0.717, 1.165) is 11.3 Å². The largest absolute Gasteiger partial charge is 0.362 e. The summed E-state index contributed by atoms with van der Waals surface area (Å²) in [5, 5.41) is 8.76. The van der Waals surface area contributed by atoms with Gasteiger partial charge in [-0.3, -0.25) is 5.14 Å². The van der Waals surface area contributed by atoms with Gasteiger partial charge in [0, 0.05) is 17.0 Å². The highest BCUT2D eigenvalue weighted by Crippen LogP contribution is 2.36. The normalized spacial score (nSPS) is 12.0. The molecule has 0 spiro atoms. The molecule has 0 bridgehead atoms. The average Bonchev–Trinajstić information content (AvgIpc) is 3.11. The van der Waals surface area contributed by atoms with Crippen molar-refractivity contribution < 1.29 is 4.39 Å². The first-order valence-corrected chi connectivity index (χ1v) is 13.2. The number of anilines is 1. The van der Waals surface area contributed by atoms with Crippen molar-refractivity contribution in [3.63, 3.8) is 0 Å². The van der Waals surface area contributed by atoms with Crippen LogP contribution in [0.1, 0.15) is 94.4 Å². The van der Waals surface area contributed by atoms with Crippen LogP contribution >= 0.6 is 23.3 Å². The van der Waals surface area contributed by atoms with E-state index in [4.69, 9.17) is 5.14 Å². The number of rotatable bonds is 7. The molecular weight excluding hydrogens is 449 g/mol. The number of thiophene rings is 1. The van der Waals surface area contributed by atoms with Gasteiger partial charge in [-0.15, -0.1) is 11.3 Å². The van der Waals surface area contributed by atoms with E-state index >= 15 is 0 Å². The van der Waals surface area contributed by atoms with Crippen molar-refractivity contribution in [1.29, 1.82) is 0 Å². The number of benzene rings is 1. The van der Waals surface area contributed by atoms with Crippen molar-refractivity contribution in [3.8, 4) is 0 Å². The Kier molecular flexibility index (Phi) is 14.2. The maximum Gasteiger partial charge on any atom is 0.101 e. The van der Waals surface area contributed by atoms with Crippen molar-refractivity contribution in [1.82, 2.24) is 0 Å². The molecule has 0 fully saturated rings. The summed E-state index contributed by atoms with van der Waals surface area (Å²) in [7, 11) is 1.50. The molecule has 188 valence electrons. The van der Waals surface area contributed by atoms with Crippen LogP contribution in [-0.4, -0.2) is 13.2 Å². The van der Waals surface area contributed by atoms with Crippen molar-refractivity contribution in [2.75, 3.05) is 12.4 Å². The highest BCUT2D eigenvalue weighted by atomic mass is 32.2. The smallest absolute Gasteiger partial charge is 0.101 e. The monoisotopic (exact) mass is 495 g/mol. The first kappa shape index (κ1) is 31.7. The van der Waals surface area contributed by atoms with Crippen molar-refractivity contribution in [3.05, 3.63) is 58.1 Å². The fourth-order valence-corrected chi connectivity index (χ4v) is 5.28. The minimum atomic E-state index is -0.807. The number of nitrogens with one attached hydrogen (secondary N) is 1. The Morgan fingerprint density at radius 1 is 1.06 bits per heavy atom. The van der Waals surface area contributed by atoms with Crippen LogP contribution in [0.25, 0.3) is 0 Å². The van der Waals surface area contributed by atoms with Crippen LogP contribution in [0.2, 0.25) is 0 Å². The minimum Gasteiger partial charge on any atom is -0.362 e. The van der Waals surface area contributed by atoms with Gasteiger partial charge in [0.15, 0.2) is 0 Å². The molecule has 1 aromatic carbocycles. The predicted octanol–water partition coefficient (Wildman–Crippen LogP) is 8.28. The number of hydrogen-bond acceptors (Lipinski definition) is 5. The molecular formula is C27H46FN3S2. The van der Waals surface area contributed by atoms with E-state index < -0.39 is 6.17 Å². The SMILES string of the molecule is C=CNc1c(C(C)C)cc(CC(C)F)cc1C(C)C.CN.Cc1cc(SN)sc1C(C)(C)C. The van der Waals surface area contributed by atoms with Gasteiger partial charge in [-0.25, -0.2) is 4.39 Å². The van der Waals surface area contributed by atoms with E-state index in [2.05, 4.69) is 91.2 Å². The maximum absolute atomic E-state index is 13.3. The van der Waals surface area contributed by atoms with Crippen molar-refractivity contribution >= 4 is 29.0 Å². The van der Waals surface area contributed by atoms with Gasteiger partial charge in [-0.2, -0.15) is 0 Å². The van der Waals surface area contributed by atoms with E-state index in [1.54, 1.807) is 24.5 Å². The maximum atomic E-state index is 13.3. The van der Waals surface area contributed by atoms with Gasteiger partial charge < -0.3 is 11.1 Å². The molecule has 1 unspecified atom stereocenters. The zero-order valence-corrected chi connectivity index (χ0v) is 23.9. The fourth-order valence-electron chi connectivity index (χ4n) is 3.63. The third kappa shape index (κ3) is 10.2. The number of halogens is 1. The molecule has 0 aliphatic rings. The van der Waals surface area contributed by atoms with Crippen molar-refractivity contribution in [2.45, 2.75) is 96.4 Å². The second-order valence-corrected chi connectivity index (χ2v) is 11.7. The second kappa shape index (κ2) is 14.8. The lowest BCUT2D eigenvalue weighted by Crippen LogP contribution is -2.09. The zero-order chi connectivity index (χ0) is 25.9. The molecule has 5 N–H and O–H groups in total. The Bertz CT molecular complexity index is 821. The highest BCUT2D eigenvalue weighted by Gasteiger charge is 2.19. The molecule has 2 aromatic rings. The number of aryl methyl sites for hydroxylation is 1. The molecule has 1 atom stereocenters. The third-order valence-electron chi connectivity index (χ3n) is 4.96. The van der Waals surface area contributed by atoms with Crippen LogP contribution in [0.3, 0.4) is 0 Å². The molecule has 0 radical (unpaired) electrons. The second-order valence-electron chi connectivity index (χ2n) is 9.74. The molecule has 0 aliphatic heterocycles. The first-order valence-electron chi connectivity index (χ1n) is 11.5. The van der Waals surface area contributed by atoms with Gasteiger partial charge in [-0.05, 0) is 84.6 Å². The standard InChI is InChI=1S/C17H26FN.C9H15NS2.CH5N/c1-7-19-17-15(11(2)3)9-14(8-13(6)18)10-16(17)12(4)5;1-6-5-7(12-10)11-8(6)9(2,3)4;1-2/h7,9-13,19H,1,8H2,2-6H3;5H,10H2,1-4H3;2H2,1H3. The zero-order valence-electron chi connectivity index (χ0n) is 22.3. The fraction of sp³-hybridized carbons (Fsp3) is 0.556. The van der Waals surface area contributed by atoms with Crippen LogP contribution in [0.5, 0.6) is 0 Å². The Hall–Kier alpha value is -1.34. The first-order chi connectivity index (χ1) is 15.3. The molecule has 0 saturated heterocycles. The molecule has 0 aliphatic carbocycles. The predicted molar refractivity (Wildman–Crippen MR) is 151 cm³/mol. The molecule has 1 heterocycles. The Morgan fingerprint density at radius 3 is 1.82 bits per heavy atom. The highest BCUT2D eigenvalue weighted by molar-refractivity contribution is 7.99. The van der Waals surface area contributed by atoms with E-state index in [0.29, 0.717) is 18.3 Å². The Labute approximate surface area is 210 Å². The van der Waals surface area contributed by atoms with E-state index in [1.807, 2.05) is 0 Å². The minimum absolute atomic E-state index is 0.253. The molecule has 6 heteroatoms. The van der Waals surface area contributed by atoms with Gasteiger partial charge in [0.25, 0.3) is 0 Å². The van der Waals surface area contributed by atoms with E-state index in [1.165, 1.54) is 44.8 Å². The van der Waals surface area contributed by atoms with Gasteiger partial charge in [0.2, 0.25) is 0 Å². The summed E-state index contributed by atoms with van der Waals surface area (Å²) in [5.41, 5.74) is 10.8. The Morgan fingerprint density at radius 2 is 1.55 bits per heavy atom. The number of nitrogens with two attached hydrogens (primary N) is 2. The molecule has 2 rings (SSSR count). The topological polar surface area (TPSA) is 64.1 Å². The molecule has 33 heavy (non-hydrogen) atoms. The Balaban J connectivity index is 0.000000627. The summed E-state index contributed by atoms with van der Waals surface area (Å²) in [5.74, 6) is 0.796. The number of alkyl halides is 1. The summed E-state index contributed by atoms with van der Waals surface area (Å²) in [6.07, 6.45) is 1.39. The van der Waals surface area contributed by atoms with Crippen molar-refractivity contribution in [2.24, 2.45) is 10.9 Å². The molecule has 3 nitrogen and oxygen atoms in total. The summed E-state index contributed by atoms with van der Waals surface area (Å²) in [6, 6.07) is 6.41. The lowest BCUT2D eigenvalue weighted by atomic mass is 9.89. The summed E-state index contributed by atoms with van der Waals surface area (Å²) in [6.45, 7) is 22.9. The van der Waals surface area contributed by atoms with E-state index in [9.17, 15) is 4.39 Å². The van der Waals surface area contributed by atoms with Crippen LogP contribution in [-0.2, 0) is 11.8 Å². The summed E-state index contributed by atoms with van der Waals surface area (Å²) < 4.78 is 14.5. The van der Waals surface area contributed by atoms with E-state index in [-0.39, 0.29) is 5.41 Å². The van der Waals surface area contributed by atoms with Gasteiger partial charge >= 0.3 is 0 Å². The van der Waals surface area contributed by atoms with Crippen LogP contribution in [0.4, 0.5) is 10.1 Å². The molecule has 0 amide bonds. The van der Waals surface area contributed by atoms with Gasteiger partial charge in [-0.1, -0.05) is 67.2 Å². The van der Waals surface area contributed by atoms with Crippen LogP contribution in [0.15, 0.2) is 35.2 Å². The van der Waals surface area contributed by atoms with Crippen LogP contribution in [0, 0.1) is 6.92 Å². The lowest BCUT2D eigenvalue weighted by Gasteiger charge is -2.21. The number of hydrogen-bond donors (Lipinski definition) is 3. The lowest BCUT2D eigenvalue weighted by molar-refractivity contribution is 0.360.